The number of hydrogen-bond acceptors (Lipinski definition) is 1. The van der Waals surface area contributed by atoms with Crippen LogP contribution in [0.15, 0.2) is 224 Å². The van der Waals surface area contributed by atoms with Crippen molar-refractivity contribution in [2.24, 2.45) is 11.8 Å². The number of benzene rings is 7. The van der Waals surface area contributed by atoms with Crippen molar-refractivity contribution in [3.8, 4) is 11.1 Å². The predicted octanol–water partition coefficient (Wildman–Crippen LogP) is 15.7. The van der Waals surface area contributed by atoms with Gasteiger partial charge in [0.15, 0.2) is 0 Å². The highest BCUT2D eigenvalue weighted by Gasteiger charge is 2.49. The molecule has 0 saturated carbocycles. The fourth-order valence-corrected chi connectivity index (χ4v) is 11.4. The molecule has 1 heteroatoms. The summed E-state index contributed by atoms with van der Waals surface area (Å²) >= 11 is 0. The van der Waals surface area contributed by atoms with Crippen molar-refractivity contribution in [3.63, 3.8) is 0 Å². The number of nitrogens with zero attached hydrogens (tertiary/aromatic N) is 1. The van der Waals surface area contributed by atoms with Crippen molar-refractivity contribution in [2.45, 2.75) is 31.1 Å². The number of anilines is 3. The van der Waals surface area contributed by atoms with Gasteiger partial charge >= 0.3 is 0 Å². The van der Waals surface area contributed by atoms with Crippen LogP contribution in [0.5, 0.6) is 0 Å². The van der Waals surface area contributed by atoms with Crippen LogP contribution in [0, 0.1) is 11.8 Å². The maximum atomic E-state index is 2.57. The molecule has 0 aliphatic heterocycles. The third-order valence-electron chi connectivity index (χ3n) is 14.1. The van der Waals surface area contributed by atoms with Crippen molar-refractivity contribution < 1.29 is 0 Å². The third-order valence-corrected chi connectivity index (χ3v) is 14.1. The Hall–Kier alpha value is -7.22. The normalized spacial score (nSPS) is 20.4. The molecule has 0 N–H and O–H groups in total. The molecule has 0 heterocycles. The summed E-state index contributed by atoms with van der Waals surface area (Å²) in [6, 6.07) is 59.6. The van der Waals surface area contributed by atoms with Crippen LogP contribution in [0.4, 0.5) is 17.1 Å². The minimum Gasteiger partial charge on any atom is -0.310 e. The van der Waals surface area contributed by atoms with Crippen LogP contribution in [0.3, 0.4) is 0 Å². The second kappa shape index (κ2) is 15.0. The Bertz CT molecular complexity index is 3110. The first-order chi connectivity index (χ1) is 30.8. The van der Waals surface area contributed by atoms with Crippen LogP contribution in [0.2, 0.25) is 0 Å². The first kappa shape index (κ1) is 36.6. The summed E-state index contributed by atoms with van der Waals surface area (Å²) in [7, 11) is 0. The summed E-state index contributed by atoms with van der Waals surface area (Å²) in [5.74, 6) is 0.653. The van der Waals surface area contributed by atoms with Gasteiger partial charge in [-0.05, 0) is 139 Å². The van der Waals surface area contributed by atoms with Gasteiger partial charge in [-0.2, -0.15) is 0 Å². The lowest BCUT2D eigenvalue weighted by molar-refractivity contribution is 0.457. The van der Waals surface area contributed by atoms with Gasteiger partial charge in [0.1, 0.15) is 0 Å². The quantitative estimate of drug-likeness (QED) is 0.155. The molecule has 296 valence electrons. The fraction of sp³-hybridized carbons (Fsp3) is 0.115. The molecule has 62 heavy (non-hydrogen) atoms. The molecule has 3 atom stereocenters. The van der Waals surface area contributed by atoms with Gasteiger partial charge < -0.3 is 4.90 Å². The van der Waals surface area contributed by atoms with Crippen molar-refractivity contribution in [1.82, 2.24) is 0 Å². The zero-order valence-corrected chi connectivity index (χ0v) is 34.8. The van der Waals surface area contributed by atoms with Crippen LogP contribution < -0.4 is 4.90 Å². The van der Waals surface area contributed by atoms with Gasteiger partial charge in [-0.25, -0.2) is 0 Å². The van der Waals surface area contributed by atoms with E-state index in [2.05, 4.69) is 229 Å². The zero-order valence-electron chi connectivity index (χ0n) is 34.8. The molecule has 0 amide bonds. The van der Waals surface area contributed by atoms with Gasteiger partial charge in [0.25, 0.3) is 0 Å². The maximum Gasteiger partial charge on any atom is 0.0529 e. The van der Waals surface area contributed by atoms with Crippen molar-refractivity contribution in [1.29, 1.82) is 0 Å². The minimum absolute atomic E-state index is 0.254. The van der Waals surface area contributed by atoms with Crippen LogP contribution in [-0.4, -0.2) is 0 Å². The molecule has 0 fully saturated rings. The van der Waals surface area contributed by atoms with E-state index in [-0.39, 0.29) is 11.3 Å². The maximum absolute atomic E-state index is 2.57. The zero-order chi connectivity index (χ0) is 41.0. The Morgan fingerprint density at radius 3 is 2.16 bits per heavy atom. The summed E-state index contributed by atoms with van der Waals surface area (Å²) in [4.78, 5) is 2.57. The van der Waals surface area contributed by atoms with E-state index in [9.17, 15) is 0 Å². The smallest absolute Gasteiger partial charge is 0.0529 e. The van der Waals surface area contributed by atoms with Crippen LogP contribution >= 0.6 is 0 Å². The molecule has 0 aromatic heterocycles. The second-order valence-corrected chi connectivity index (χ2v) is 17.3. The van der Waals surface area contributed by atoms with Gasteiger partial charge in [0.2, 0.25) is 0 Å². The summed E-state index contributed by atoms with van der Waals surface area (Å²) in [6.07, 6.45) is 29.6. The van der Waals surface area contributed by atoms with E-state index in [0.717, 1.165) is 31.4 Å². The van der Waals surface area contributed by atoms with Crippen molar-refractivity contribution >= 4 is 45.1 Å². The lowest BCUT2D eigenvalue weighted by Gasteiger charge is -2.40. The van der Waals surface area contributed by atoms with Gasteiger partial charge in [-0.1, -0.05) is 194 Å². The number of fused-ring (bicyclic) bond motifs is 7. The number of hydrogen-bond donors (Lipinski definition) is 0. The van der Waals surface area contributed by atoms with Gasteiger partial charge in [0.05, 0.1) is 11.1 Å². The van der Waals surface area contributed by atoms with Gasteiger partial charge in [-0.15, -0.1) is 0 Å². The third kappa shape index (κ3) is 5.76. The van der Waals surface area contributed by atoms with E-state index in [1.165, 1.54) is 88.9 Å². The molecule has 5 aliphatic rings. The van der Waals surface area contributed by atoms with E-state index in [4.69, 9.17) is 0 Å². The first-order valence-electron chi connectivity index (χ1n) is 22.4. The lowest BCUT2D eigenvalue weighted by atomic mass is 9.62. The Balaban J connectivity index is 1.09. The van der Waals surface area contributed by atoms with Crippen molar-refractivity contribution in [2.75, 3.05) is 4.90 Å². The summed E-state index contributed by atoms with van der Waals surface area (Å²) in [5.41, 5.74) is 19.2. The molecule has 5 aliphatic carbocycles. The SMILES string of the molecule is C1=CCC2C=CC(c3ccc(N(c4ccc5c(c4)C(c4ccccc4)(C4C=CC=CC4)c4ccccc4-5)c4cc5ccccc5c5c4CCC=C5)cc3)=C(c3ccccc3)C2=C1. The van der Waals surface area contributed by atoms with Crippen LogP contribution in [-0.2, 0) is 11.8 Å². The summed E-state index contributed by atoms with van der Waals surface area (Å²) < 4.78 is 0. The topological polar surface area (TPSA) is 3.24 Å². The molecule has 7 aromatic rings. The number of rotatable bonds is 7. The first-order valence-corrected chi connectivity index (χ1v) is 22.4. The fourth-order valence-electron chi connectivity index (χ4n) is 11.4. The minimum atomic E-state index is -0.361. The monoisotopic (exact) mass is 793 g/mol. The van der Waals surface area contributed by atoms with E-state index in [1.54, 1.807) is 0 Å². The molecule has 7 aromatic carbocycles. The van der Waals surface area contributed by atoms with Crippen LogP contribution in [0.1, 0.15) is 58.2 Å². The van der Waals surface area contributed by atoms with Crippen LogP contribution in [0.25, 0.3) is 39.1 Å². The molecule has 1 nitrogen and oxygen atoms in total. The van der Waals surface area contributed by atoms with Gasteiger partial charge in [0, 0.05) is 17.3 Å². The highest BCUT2D eigenvalue weighted by molar-refractivity contribution is 6.04. The van der Waals surface area contributed by atoms with E-state index in [0.29, 0.717) is 5.92 Å². The Labute approximate surface area is 365 Å². The van der Waals surface area contributed by atoms with E-state index >= 15 is 0 Å². The largest absolute Gasteiger partial charge is 0.310 e. The highest BCUT2D eigenvalue weighted by atomic mass is 15.1. The van der Waals surface area contributed by atoms with Gasteiger partial charge in [-0.3, -0.25) is 0 Å². The van der Waals surface area contributed by atoms with E-state index in [1.807, 2.05) is 0 Å². The highest BCUT2D eigenvalue weighted by Crippen LogP contribution is 2.59. The number of allylic oxidation sites excluding steroid dienone is 13. The molecule has 0 radical (unpaired) electrons. The lowest BCUT2D eigenvalue weighted by Crippen LogP contribution is -2.35. The molecular weight excluding hydrogens is 747 g/mol. The molecule has 0 saturated heterocycles. The summed E-state index contributed by atoms with van der Waals surface area (Å²) in [6.45, 7) is 0. The average molecular weight is 794 g/mol. The molecule has 3 unspecified atom stereocenters. The molecule has 12 rings (SSSR count). The molecule has 0 bridgehead atoms. The molecule has 0 spiro atoms. The Morgan fingerprint density at radius 1 is 0.548 bits per heavy atom. The second-order valence-electron chi connectivity index (χ2n) is 17.3. The summed E-state index contributed by atoms with van der Waals surface area (Å²) in [5, 5.41) is 2.58. The molecular formula is C61H47N. The van der Waals surface area contributed by atoms with E-state index < -0.39 is 0 Å². The average Bonchev–Trinajstić information content (AvgIpc) is 3.65. The Morgan fingerprint density at radius 2 is 1.31 bits per heavy atom. The standard InChI is InChI=1S/C61H47N/c1-4-19-44(20-5-1)60-51-27-13-10-18-42(51)34-38-52(60)43-32-35-48(36-33-43)62(59-40-45-21-11-12-26-50(45)53-28-14-15-30-56(53)59)49-37-39-55-54-29-16-17-31-57(54)61(58(55)41-49,46-22-6-2-7-23-46)47-24-8-3-9-25-47/h1-14,16-17,19-24,26-29,31-42,47H,15,18,25,30H2. The van der Waals surface area contributed by atoms with Crippen molar-refractivity contribution in [3.05, 3.63) is 263 Å². The predicted molar refractivity (Wildman–Crippen MR) is 262 cm³/mol. The Kier molecular flexibility index (Phi) is 8.89.